The number of nitrogens with zero attached hydrogens (tertiary/aromatic N) is 4. The number of carbonyl (C=O) groups excluding carboxylic acids is 1. The molecule has 0 spiro atoms. The molecule has 3 heterocycles. The predicted octanol–water partition coefficient (Wildman–Crippen LogP) is 1.60. The predicted molar refractivity (Wildman–Crippen MR) is 93.1 cm³/mol. The first-order chi connectivity index (χ1) is 11.7. The van der Waals surface area contributed by atoms with Crippen LogP contribution in [0.25, 0.3) is 0 Å². The minimum Gasteiger partial charge on any atom is -0.337 e. The molecule has 0 radical (unpaired) electrons. The molecule has 1 aromatic rings. The van der Waals surface area contributed by atoms with Crippen molar-refractivity contribution in [1.29, 1.82) is 0 Å². The number of carbonyl (C=O) groups is 1. The van der Waals surface area contributed by atoms with E-state index in [2.05, 4.69) is 10.00 Å². The van der Waals surface area contributed by atoms with Crippen molar-refractivity contribution in [2.45, 2.75) is 45.6 Å². The second kappa shape index (κ2) is 7.92. The third-order valence-electron chi connectivity index (χ3n) is 5.14. The summed E-state index contributed by atoms with van der Waals surface area (Å²) in [7, 11) is 0. The van der Waals surface area contributed by atoms with Gasteiger partial charge in [-0.3, -0.25) is 9.59 Å². The number of likely N-dealkylation sites (tertiary alicyclic amines) is 2. The van der Waals surface area contributed by atoms with Crippen LogP contribution in [0.4, 0.5) is 0 Å². The Labute approximate surface area is 143 Å². The summed E-state index contributed by atoms with van der Waals surface area (Å²) in [4.78, 5) is 28.8. The van der Waals surface area contributed by atoms with Crippen molar-refractivity contribution in [2.24, 2.45) is 5.92 Å². The number of aromatic nitrogens is 2. The third-order valence-corrected chi connectivity index (χ3v) is 5.14. The van der Waals surface area contributed by atoms with Gasteiger partial charge >= 0.3 is 0 Å². The van der Waals surface area contributed by atoms with Crippen molar-refractivity contribution in [3.63, 3.8) is 0 Å². The topological polar surface area (TPSA) is 58.4 Å². The maximum absolute atomic E-state index is 12.7. The third kappa shape index (κ3) is 4.04. The van der Waals surface area contributed by atoms with E-state index in [0.717, 1.165) is 32.4 Å². The molecule has 2 saturated heterocycles. The van der Waals surface area contributed by atoms with E-state index in [1.165, 1.54) is 43.2 Å². The highest BCUT2D eigenvalue weighted by Crippen LogP contribution is 2.21. The van der Waals surface area contributed by atoms with Crippen LogP contribution in [0.1, 0.15) is 49.5 Å². The van der Waals surface area contributed by atoms with Crippen LogP contribution >= 0.6 is 0 Å². The molecule has 132 valence electrons. The molecule has 0 N–H and O–H groups in total. The van der Waals surface area contributed by atoms with Gasteiger partial charge in [0.15, 0.2) is 0 Å². The monoisotopic (exact) mass is 332 g/mol. The summed E-state index contributed by atoms with van der Waals surface area (Å²) in [5, 5.41) is 4.24. The van der Waals surface area contributed by atoms with Gasteiger partial charge in [0.2, 0.25) is 0 Å². The van der Waals surface area contributed by atoms with Gasteiger partial charge in [0.1, 0.15) is 5.69 Å². The first-order valence-electron chi connectivity index (χ1n) is 9.27. The Bertz CT molecular complexity index is 614. The van der Waals surface area contributed by atoms with E-state index in [1.54, 1.807) is 6.07 Å². The van der Waals surface area contributed by atoms with Gasteiger partial charge < -0.3 is 9.80 Å². The van der Waals surface area contributed by atoms with E-state index in [-0.39, 0.29) is 11.5 Å². The lowest BCUT2D eigenvalue weighted by molar-refractivity contribution is 0.0664. The Morgan fingerprint density at radius 1 is 1.17 bits per heavy atom. The fourth-order valence-electron chi connectivity index (χ4n) is 3.75. The fraction of sp³-hybridized carbons (Fsp3) is 0.722. The molecule has 1 aromatic heterocycles. The molecule has 2 aliphatic heterocycles. The Morgan fingerprint density at radius 2 is 1.88 bits per heavy atom. The van der Waals surface area contributed by atoms with Gasteiger partial charge in [-0.2, -0.15) is 5.10 Å². The molecule has 0 bridgehead atoms. The molecule has 0 atom stereocenters. The zero-order chi connectivity index (χ0) is 16.9. The van der Waals surface area contributed by atoms with E-state index in [1.807, 2.05) is 11.8 Å². The largest absolute Gasteiger partial charge is 0.337 e. The summed E-state index contributed by atoms with van der Waals surface area (Å²) in [6, 6.07) is 3.02. The second-order valence-electron chi connectivity index (χ2n) is 7.02. The molecule has 1 amide bonds. The highest BCUT2D eigenvalue weighted by molar-refractivity contribution is 5.92. The van der Waals surface area contributed by atoms with E-state index >= 15 is 0 Å². The average molecular weight is 332 g/mol. The van der Waals surface area contributed by atoms with Crippen LogP contribution < -0.4 is 5.56 Å². The first kappa shape index (κ1) is 17.1. The maximum atomic E-state index is 12.7. The SMILES string of the molecule is CCCn1nc(C(=O)N2CCC(CN3CCCC3)CC2)ccc1=O. The lowest BCUT2D eigenvalue weighted by atomic mass is 9.96. The van der Waals surface area contributed by atoms with Gasteiger partial charge in [-0.15, -0.1) is 0 Å². The summed E-state index contributed by atoms with van der Waals surface area (Å²) in [5.41, 5.74) is 0.249. The smallest absolute Gasteiger partial charge is 0.274 e. The van der Waals surface area contributed by atoms with Crippen LogP contribution in [0.3, 0.4) is 0 Å². The van der Waals surface area contributed by atoms with Crippen LogP contribution in [0, 0.1) is 5.92 Å². The first-order valence-corrected chi connectivity index (χ1v) is 9.27. The summed E-state index contributed by atoms with van der Waals surface area (Å²) >= 11 is 0. The minimum absolute atomic E-state index is 0.0422. The van der Waals surface area contributed by atoms with Gasteiger partial charge in [0.25, 0.3) is 11.5 Å². The van der Waals surface area contributed by atoms with Crippen molar-refractivity contribution in [1.82, 2.24) is 19.6 Å². The number of piperidine rings is 1. The van der Waals surface area contributed by atoms with E-state index in [9.17, 15) is 9.59 Å². The lowest BCUT2D eigenvalue weighted by Crippen LogP contribution is -2.42. The van der Waals surface area contributed by atoms with Crippen molar-refractivity contribution in [3.05, 3.63) is 28.2 Å². The Balaban J connectivity index is 1.56. The van der Waals surface area contributed by atoms with Crippen molar-refractivity contribution >= 4 is 5.91 Å². The summed E-state index contributed by atoms with van der Waals surface area (Å²) in [5.74, 6) is 0.661. The quantitative estimate of drug-likeness (QED) is 0.822. The fourth-order valence-corrected chi connectivity index (χ4v) is 3.75. The summed E-state index contributed by atoms with van der Waals surface area (Å²) < 4.78 is 1.40. The molecule has 0 saturated carbocycles. The van der Waals surface area contributed by atoms with Gasteiger partial charge in [0.05, 0.1) is 0 Å². The number of hydrogen-bond acceptors (Lipinski definition) is 4. The summed E-state index contributed by atoms with van der Waals surface area (Å²) in [6.45, 7) is 7.80. The molecule has 6 heteroatoms. The van der Waals surface area contributed by atoms with Crippen LogP contribution in [0.5, 0.6) is 0 Å². The molecule has 0 aromatic carbocycles. The second-order valence-corrected chi connectivity index (χ2v) is 7.02. The molecule has 6 nitrogen and oxygen atoms in total. The molecular weight excluding hydrogens is 304 g/mol. The number of rotatable bonds is 5. The van der Waals surface area contributed by atoms with Gasteiger partial charge in [-0.05, 0) is 57.2 Å². The van der Waals surface area contributed by atoms with Crippen molar-refractivity contribution in [2.75, 3.05) is 32.7 Å². The zero-order valence-corrected chi connectivity index (χ0v) is 14.6. The summed E-state index contributed by atoms with van der Waals surface area (Å²) in [6.07, 6.45) is 5.62. The van der Waals surface area contributed by atoms with Gasteiger partial charge in [0, 0.05) is 32.2 Å². The molecular formula is C18H28N4O2. The Hall–Kier alpha value is -1.69. The van der Waals surface area contributed by atoms with E-state index in [4.69, 9.17) is 0 Å². The van der Waals surface area contributed by atoms with Crippen LogP contribution in [0.2, 0.25) is 0 Å². The standard InChI is InChI=1S/C18H28N4O2/c1-2-9-22-17(23)6-5-16(19-22)18(24)21-12-7-15(8-13-21)14-20-10-3-4-11-20/h5-6,15H,2-4,7-14H2,1H3. The molecule has 0 unspecified atom stereocenters. The lowest BCUT2D eigenvalue weighted by Gasteiger charge is -2.33. The average Bonchev–Trinajstić information content (AvgIpc) is 3.10. The normalized spacial score (nSPS) is 19.8. The number of aryl methyl sites for hydroxylation is 1. The van der Waals surface area contributed by atoms with Crippen molar-refractivity contribution < 1.29 is 4.79 Å². The van der Waals surface area contributed by atoms with Crippen LogP contribution in [0.15, 0.2) is 16.9 Å². The van der Waals surface area contributed by atoms with Gasteiger partial charge in [-0.1, -0.05) is 6.92 Å². The van der Waals surface area contributed by atoms with Crippen molar-refractivity contribution in [3.8, 4) is 0 Å². The molecule has 2 fully saturated rings. The van der Waals surface area contributed by atoms with Crippen LogP contribution in [-0.2, 0) is 6.54 Å². The molecule has 3 rings (SSSR count). The number of amides is 1. The highest BCUT2D eigenvalue weighted by Gasteiger charge is 2.26. The molecule has 24 heavy (non-hydrogen) atoms. The Kier molecular flexibility index (Phi) is 5.66. The highest BCUT2D eigenvalue weighted by atomic mass is 16.2. The molecule has 0 aliphatic carbocycles. The van der Waals surface area contributed by atoms with E-state index < -0.39 is 0 Å². The van der Waals surface area contributed by atoms with E-state index in [0.29, 0.717) is 18.2 Å². The maximum Gasteiger partial charge on any atom is 0.274 e. The molecule has 2 aliphatic rings. The number of hydrogen-bond donors (Lipinski definition) is 0. The Morgan fingerprint density at radius 3 is 2.54 bits per heavy atom. The van der Waals surface area contributed by atoms with Crippen LogP contribution in [-0.4, -0.2) is 58.2 Å². The minimum atomic E-state index is -0.141. The van der Waals surface area contributed by atoms with Gasteiger partial charge in [-0.25, -0.2) is 4.68 Å². The zero-order valence-electron chi connectivity index (χ0n) is 14.6.